The van der Waals surface area contributed by atoms with Gasteiger partial charge in [-0.05, 0) is 59.9 Å². The Morgan fingerprint density at radius 2 is 1.56 bits per heavy atom. The van der Waals surface area contributed by atoms with Crippen LogP contribution < -0.4 is 10.9 Å². The van der Waals surface area contributed by atoms with Crippen molar-refractivity contribution in [1.29, 1.82) is 0 Å². The van der Waals surface area contributed by atoms with Crippen molar-refractivity contribution in [3.63, 3.8) is 0 Å². The summed E-state index contributed by atoms with van der Waals surface area (Å²) in [6, 6.07) is 7.63. The lowest BCUT2D eigenvalue weighted by Gasteiger charge is -2.45. The first-order chi connectivity index (χ1) is 20.1. The van der Waals surface area contributed by atoms with Gasteiger partial charge in [0.15, 0.2) is 0 Å². The minimum absolute atomic E-state index is 0.164. The summed E-state index contributed by atoms with van der Waals surface area (Å²) in [6.45, 7) is 10.9. The number of piperidine rings is 1. The largest absolute Gasteiger partial charge is 0.444 e. The van der Waals surface area contributed by atoms with Crippen LogP contribution in [0.25, 0.3) is 0 Å². The molecule has 2 bridgehead atoms. The van der Waals surface area contributed by atoms with Crippen LogP contribution in [0.15, 0.2) is 30.3 Å². The lowest BCUT2D eigenvalue weighted by molar-refractivity contribution is -0.140. The van der Waals surface area contributed by atoms with Crippen molar-refractivity contribution in [2.75, 3.05) is 26.2 Å². The molecule has 3 aliphatic rings. The van der Waals surface area contributed by atoms with E-state index in [1.807, 2.05) is 30.3 Å². The molecule has 4 rings (SSSR count). The van der Waals surface area contributed by atoms with Crippen LogP contribution in [0, 0.1) is 0 Å². The fourth-order valence-electron chi connectivity index (χ4n) is 4.99. The van der Waals surface area contributed by atoms with Crippen LogP contribution in [-0.2, 0) is 30.5 Å². The predicted octanol–water partition coefficient (Wildman–Crippen LogP) is 2.39. The number of hydroxylamine groups is 2. The number of carbonyl (C=O) groups excluding carboxylic acids is 5. The van der Waals surface area contributed by atoms with Crippen molar-refractivity contribution in [2.24, 2.45) is 0 Å². The summed E-state index contributed by atoms with van der Waals surface area (Å²) in [5.41, 5.74) is 4.18. The second-order valence-electron chi connectivity index (χ2n) is 13.0. The van der Waals surface area contributed by atoms with Crippen LogP contribution in [0.3, 0.4) is 0 Å². The van der Waals surface area contributed by atoms with Gasteiger partial charge >= 0.3 is 18.2 Å². The van der Waals surface area contributed by atoms with Crippen LogP contribution in [0.2, 0.25) is 0 Å². The number of urea groups is 1. The molecular formula is C29H42N6O8. The predicted molar refractivity (Wildman–Crippen MR) is 153 cm³/mol. The molecule has 0 saturated carbocycles. The van der Waals surface area contributed by atoms with E-state index >= 15 is 0 Å². The number of carbonyl (C=O) groups is 5. The molecule has 1 aromatic rings. The Bertz CT molecular complexity index is 1210. The molecule has 0 aromatic heterocycles. The van der Waals surface area contributed by atoms with Crippen molar-refractivity contribution in [1.82, 2.24) is 30.6 Å². The molecule has 43 heavy (non-hydrogen) atoms. The second kappa shape index (κ2) is 12.7. The molecule has 236 valence electrons. The van der Waals surface area contributed by atoms with E-state index in [4.69, 9.17) is 14.3 Å². The molecule has 1 aromatic carbocycles. The maximum absolute atomic E-state index is 13.0. The zero-order valence-electron chi connectivity index (χ0n) is 25.6. The van der Waals surface area contributed by atoms with E-state index in [0.717, 1.165) is 5.56 Å². The first kappa shape index (κ1) is 31.9. The zero-order valence-corrected chi connectivity index (χ0v) is 25.6. The Morgan fingerprint density at radius 1 is 0.907 bits per heavy atom. The first-order valence-corrected chi connectivity index (χ1v) is 14.4. The van der Waals surface area contributed by atoms with Crippen molar-refractivity contribution in [3.05, 3.63) is 35.9 Å². The van der Waals surface area contributed by atoms with Gasteiger partial charge < -0.3 is 19.3 Å². The number of fused-ring (bicyclic) bond motifs is 2. The fourth-order valence-corrected chi connectivity index (χ4v) is 4.99. The summed E-state index contributed by atoms with van der Waals surface area (Å²) in [5, 5.41) is 1.33. The summed E-state index contributed by atoms with van der Waals surface area (Å²) in [5.74, 6) is -1.21. The molecule has 3 fully saturated rings. The lowest BCUT2D eigenvalue weighted by Crippen LogP contribution is -2.65. The van der Waals surface area contributed by atoms with Gasteiger partial charge in [0.25, 0.3) is 11.8 Å². The topological polar surface area (TPSA) is 150 Å². The maximum atomic E-state index is 13.0. The highest BCUT2D eigenvalue weighted by Gasteiger charge is 2.48. The molecule has 3 heterocycles. The van der Waals surface area contributed by atoms with Gasteiger partial charge in [-0.3, -0.25) is 30.2 Å². The number of hydrogen-bond acceptors (Lipinski definition) is 8. The van der Waals surface area contributed by atoms with Gasteiger partial charge in [-0.2, -0.15) is 5.06 Å². The average molecular weight is 603 g/mol. The molecule has 3 saturated heterocycles. The fraction of sp³-hybridized carbons (Fsp3) is 0.621. The Hall–Kier alpha value is -4.07. The van der Waals surface area contributed by atoms with Crippen LogP contribution >= 0.6 is 0 Å². The normalized spacial score (nSPS) is 20.3. The first-order valence-electron chi connectivity index (χ1n) is 14.4. The van der Waals surface area contributed by atoms with Crippen LogP contribution in [0.1, 0.15) is 59.9 Å². The van der Waals surface area contributed by atoms with Gasteiger partial charge in [0.2, 0.25) is 0 Å². The maximum Gasteiger partial charge on any atom is 0.411 e. The molecule has 0 radical (unpaired) electrons. The van der Waals surface area contributed by atoms with Gasteiger partial charge in [0.05, 0.1) is 12.1 Å². The van der Waals surface area contributed by atoms with E-state index in [0.29, 0.717) is 19.4 Å². The summed E-state index contributed by atoms with van der Waals surface area (Å²) < 4.78 is 10.9. The number of rotatable bonds is 7. The molecule has 14 nitrogen and oxygen atoms in total. The third kappa shape index (κ3) is 8.27. The number of hydrogen-bond donors (Lipinski definition) is 2. The molecule has 6 amide bonds. The molecule has 2 atom stereocenters. The second-order valence-corrected chi connectivity index (χ2v) is 13.0. The van der Waals surface area contributed by atoms with E-state index in [2.05, 4.69) is 10.9 Å². The number of likely N-dealkylation sites (tertiary alicyclic amines) is 1. The van der Waals surface area contributed by atoms with Gasteiger partial charge in [0, 0.05) is 19.6 Å². The summed E-state index contributed by atoms with van der Waals surface area (Å²) in [7, 11) is 0. The number of amides is 6. The number of ether oxygens (including phenoxy) is 2. The van der Waals surface area contributed by atoms with Gasteiger partial charge in [-0.15, -0.1) is 0 Å². The summed E-state index contributed by atoms with van der Waals surface area (Å²) in [4.78, 5) is 74.1. The number of hydrazine groups is 1. The van der Waals surface area contributed by atoms with E-state index in [9.17, 15) is 24.0 Å². The average Bonchev–Trinajstić information content (AvgIpc) is 3.12. The molecule has 14 heteroatoms. The summed E-state index contributed by atoms with van der Waals surface area (Å²) >= 11 is 0. The third-order valence-electron chi connectivity index (χ3n) is 7.06. The van der Waals surface area contributed by atoms with Crippen molar-refractivity contribution >= 4 is 30.0 Å². The highest BCUT2D eigenvalue weighted by molar-refractivity contribution is 5.90. The quantitative estimate of drug-likeness (QED) is 0.452. The Labute approximate surface area is 251 Å². The number of nitrogens with one attached hydrogen (secondary N) is 2. The van der Waals surface area contributed by atoms with E-state index in [1.54, 1.807) is 41.5 Å². The molecular weight excluding hydrogens is 560 g/mol. The van der Waals surface area contributed by atoms with E-state index in [-0.39, 0.29) is 25.7 Å². The van der Waals surface area contributed by atoms with E-state index < -0.39 is 59.9 Å². The highest BCUT2D eigenvalue weighted by Crippen LogP contribution is 2.30. The molecule has 2 unspecified atom stereocenters. The van der Waals surface area contributed by atoms with Gasteiger partial charge in [0.1, 0.15) is 30.4 Å². The minimum Gasteiger partial charge on any atom is -0.444 e. The minimum atomic E-state index is -0.811. The third-order valence-corrected chi connectivity index (χ3v) is 7.06. The van der Waals surface area contributed by atoms with Crippen molar-refractivity contribution in [2.45, 2.75) is 90.3 Å². The van der Waals surface area contributed by atoms with Gasteiger partial charge in [-0.25, -0.2) is 14.4 Å². The smallest absolute Gasteiger partial charge is 0.411 e. The molecule has 3 aliphatic heterocycles. The Balaban J connectivity index is 1.29. The number of nitrogens with zero attached hydrogens (tertiary/aromatic N) is 4. The standard InChI is InChI=1S/C29H42N6O8/c1-28(2,3)42-26(39)32-14-21(15-32)33(27(40)43-29(4,5)6)17-23(36)30-31-24(37)22-13-12-20-16-34(22)25(38)35(20)41-18-19-10-8-7-9-11-19/h7-11,20-22H,12-18H2,1-6H3,(H,30,36)(H,31,37). The number of benzene rings is 1. The monoisotopic (exact) mass is 602 g/mol. The SMILES string of the molecule is CC(C)(C)OC(=O)N1CC(N(CC(=O)NNC(=O)C2CCC3CN2C(=O)N3OCc2ccccc2)C(=O)OC(C)(C)C)C1. The van der Waals surface area contributed by atoms with Gasteiger partial charge in [-0.1, -0.05) is 30.3 Å². The summed E-state index contributed by atoms with van der Waals surface area (Å²) in [6.07, 6.45) is -0.277. The Morgan fingerprint density at radius 3 is 2.19 bits per heavy atom. The van der Waals surface area contributed by atoms with Crippen molar-refractivity contribution < 1.29 is 38.3 Å². The zero-order chi connectivity index (χ0) is 31.5. The molecule has 2 N–H and O–H groups in total. The molecule has 0 spiro atoms. The van der Waals surface area contributed by atoms with Crippen molar-refractivity contribution in [3.8, 4) is 0 Å². The Kier molecular flexibility index (Phi) is 9.38. The van der Waals surface area contributed by atoms with Crippen LogP contribution in [0.4, 0.5) is 14.4 Å². The van der Waals surface area contributed by atoms with Crippen LogP contribution in [0.5, 0.6) is 0 Å². The highest BCUT2D eigenvalue weighted by atomic mass is 16.7. The van der Waals surface area contributed by atoms with Crippen LogP contribution in [-0.4, -0.2) is 105 Å². The van der Waals surface area contributed by atoms with E-state index in [1.165, 1.54) is 19.8 Å². The molecule has 0 aliphatic carbocycles. The lowest BCUT2D eigenvalue weighted by atomic mass is 10.0.